The molecule has 0 heterocycles. The lowest BCUT2D eigenvalue weighted by Gasteiger charge is -2.34. The molecule has 0 aliphatic heterocycles. The predicted octanol–water partition coefficient (Wildman–Crippen LogP) is 6.20. The highest BCUT2D eigenvalue weighted by Gasteiger charge is 2.34. The van der Waals surface area contributed by atoms with Crippen LogP contribution in [0.25, 0.3) is 0 Å². The summed E-state index contributed by atoms with van der Waals surface area (Å²) in [6, 6.07) is 16.8. The van der Waals surface area contributed by atoms with E-state index in [1.165, 1.54) is 29.2 Å². The van der Waals surface area contributed by atoms with Crippen LogP contribution in [-0.4, -0.2) is 43.8 Å². The van der Waals surface area contributed by atoms with Crippen molar-refractivity contribution in [3.63, 3.8) is 0 Å². The minimum Gasteiger partial charge on any atom is -0.352 e. The molecular formula is C34H42FN3O4S. The van der Waals surface area contributed by atoms with E-state index in [-0.39, 0.29) is 23.4 Å². The Bertz CT molecular complexity index is 1520. The van der Waals surface area contributed by atoms with E-state index in [0.717, 1.165) is 53.1 Å². The zero-order chi connectivity index (χ0) is 31.1. The molecule has 1 fully saturated rings. The number of nitrogens with zero attached hydrogens (tertiary/aromatic N) is 2. The van der Waals surface area contributed by atoms with Crippen molar-refractivity contribution in [1.29, 1.82) is 0 Å². The minimum atomic E-state index is -4.15. The van der Waals surface area contributed by atoms with Crippen molar-refractivity contribution in [1.82, 2.24) is 10.2 Å². The SMILES string of the molecule is CCC(C(=O)NC1CCCCC1)N(Cc1ccc(F)cc1)C(=O)CN(c1ccc(C)c(C)c1)S(=O)(=O)c1ccc(C)cc1. The molecule has 0 bridgehead atoms. The van der Waals surface area contributed by atoms with Crippen LogP contribution >= 0.6 is 0 Å². The first-order valence-corrected chi connectivity index (χ1v) is 16.4. The third-order valence-corrected chi connectivity index (χ3v) is 10.1. The first-order chi connectivity index (χ1) is 20.5. The molecule has 7 nitrogen and oxygen atoms in total. The molecule has 2 amide bonds. The second kappa shape index (κ2) is 14.2. The molecule has 0 radical (unpaired) electrons. The van der Waals surface area contributed by atoms with Crippen LogP contribution < -0.4 is 9.62 Å². The maximum absolute atomic E-state index is 14.2. The number of sulfonamides is 1. The van der Waals surface area contributed by atoms with E-state index in [1.54, 1.807) is 36.4 Å². The summed E-state index contributed by atoms with van der Waals surface area (Å²) < 4.78 is 43.0. The molecule has 0 aromatic heterocycles. The maximum Gasteiger partial charge on any atom is 0.264 e. The van der Waals surface area contributed by atoms with Gasteiger partial charge in [0.2, 0.25) is 11.8 Å². The summed E-state index contributed by atoms with van der Waals surface area (Å²) in [5, 5.41) is 3.14. The molecule has 1 unspecified atom stereocenters. The van der Waals surface area contributed by atoms with Crippen LogP contribution in [0.3, 0.4) is 0 Å². The Morgan fingerprint density at radius 3 is 2.16 bits per heavy atom. The van der Waals surface area contributed by atoms with Gasteiger partial charge in [-0.2, -0.15) is 0 Å². The lowest BCUT2D eigenvalue weighted by Crippen LogP contribution is -2.54. The third kappa shape index (κ3) is 8.02. The first-order valence-electron chi connectivity index (χ1n) is 15.0. The second-order valence-electron chi connectivity index (χ2n) is 11.5. The van der Waals surface area contributed by atoms with Gasteiger partial charge in [0.1, 0.15) is 18.4 Å². The normalized spacial score (nSPS) is 14.6. The molecule has 1 N–H and O–H groups in total. The van der Waals surface area contributed by atoms with Crippen molar-refractivity contribution in [2.75, 3.05) is 10.8 Å². The molecule has 1 atom stereocenters. The molecule has 3 aromatic carbocycles. The summed E-state index contributed by atoms with van der Waals surface area (Å²) in [5.74, 6) is -1.19. The number of hydrogen-bond donors (Lipinski definition) is 1. The van der Waals surface area contributed by atoms with Crippen molar-refractivity contribution >= 4 is 27.5 Å². The topological polar surface area (TPSA) is 86.8 Å². The number of hydrogen-bond acceptors (Lipinski definition) is 4. The van der Waals surface area contributed by atoms with Gasteiger partial charge in [-0.3, -0.25) is 13.9 Å². The number of benzene rings is 3. The standard InChI is InChI=1S/C34H42FN3O4S/c1-5-32(34(40)36-29-9-7-6-8-10-29)37(22-27-14-16-28(35)17-15-27)33(39)23-38(30-18-13-25(3)26(4)21-30)43(41,42)31-19-11-24(2)12-20-31/h11-21,29,32H,5-10,22-23H2,1-4H3,(H,36,40). The number of nitrogens with one attached hydrogen (secondary N) is 1. The molecule has 0 saturated heterocycles. The molecule has 3 aromatic rings. The zero-order valence-corrected chi connectivity index (χ0v) is 26.3. The van der Waals surface area contributed by atoms with E-state index in [9.17, 15) is 22.4 Å². The smallest absolute Gasteiger partial charge is 0.264 e. The molecule has 1 aliphatic carbocycles. The number of anilines is 1. The van der Waals surface area contributed by atoms with E-state index in [4.69, 9.17) is 0 Å². The lowest BCUT2D eigenvalue weighted by atomic mass is 9.95. The van der Waals surface area contributed by atoms with E-state index in [0.29, 0.717) is 17.7 Å². The average Bonchev–Trinajstić information content (AvgIpc) is 2.99. The van der Waals surface area contributed by atoms with Crippen molar-refractivity contribution in [3.05, 3.63) is 94.8 Å². The van der Waals surface area contributed by atoms with Gasteiger partial charge in [0.05, 0.1) is 10.6 Å². The van der Waals surface area contributed by atoms with Crippen LogP contribution in [0.2, 0.25) is 0 Å². The molecule has 1 aliphatic rings. The monoisotopic (exact) mass is 607 g/mol. The Balaban J connectivity index is 1.72. The van der Waals surface area contributed by atoms with Crippen LogP contribution in [0.1, 0.15) is 67.7 Å². The van der Waals surface area contributed by atoms with Gasteiger partial charge in [-0.15, -0.1) is 0 Å². The van der Waals surface area contributed by atoms with E-state index in [1.807, 2.05) is 33.8 Å². The zero-order valence-electron chi connectivity index (χ0n) is 25.5. The fraction of sp³-hybridized carbons (Fsp3) is 0.412. The van der Waals surface area contributed by atoms with Crippen molar-refractivity contribution in [2.45, 2.75) is 89.7 Å². The summed E-state index contributed by atoms with van der Waals surface area (Å²) in [6.45, 7) is 7.05. The quantitative estimate of drug-likeness (QED) is 0.281. The number of halogens is 1. The maximum atomic E-state index is 14.2. The summed E-state index contributed by atoms with van der Waals surface area (Å²) in [6.07, 6.45) is 5.35. The minimum absolute atomic E-state index is 0.0288. The fourth-order valence-electron chi connectivity index (χ4n) is 5.50. The molecule has 0 spiro atoms. The Kier molecular flexibility index (Phi) is 10.6. The van der Waals surface area contributed by atoms with Crippen LogP contribution in [0, 0.1) is 26.6 Å². The van der Waals surface area contributed by atoms with Gasteiger partial charge in [0, 0.05) is 12.6 Å². The predicted molar refractivity (Wildman–Crippen MR) is 168 cm³/mol. The van der Waals surface area contributed by atoms with Gasteiger partial charge in [-0.05, 0) is 93.1 Å². The number of carbonyl (C=O) groups is 2. The molecule has 9 heteroatoms. The number of carbonyl (C=O) groups excluding carboxylic acids is 2. The van der Waals surface area contributed by atoms with Gasteiger partial charge in [0.25, 0.3) is 10.0 Å². The molecule has 4 rings (SSSR count). The Morgan fingerprint density at radius 2 is 1.56 bits per heavy atom. The summed E-state index contributed by atoms with van der Waals surface area (Å²) in [5.41, 5.74) is 3.78. The van der Waals surface area contributed by atoms with Gasteiger partial charge < -0.3 is 10.2 Å². The van der Waals surface area contributed by atoms with Crippen LogP contribution in [0.15, 0.2) is 71.6 Å². The van der Waals surface area contributed by atoms with E-state index < -0.39 is 34.3 Å². The summed E-state index contributed by atoms with van der Waals surface area (Å²) >= 11 is 0. The van der Waals surface area contributed by atoms with Gasteiger partial charge in [-0.1, -0.05) is 62.1 Å². The van der Waals surface area contributed by atoms with Crippen LogP contribution in [0.4, 0.5) is 10.1 Å². The highest BCUT2D eigenvalue weighted by Crippen LogP contribution is 2.27. The third-order valence-electron chi connectivity index (χ3n) is 8.27. The Labute approximate surface area is 255 Å². The first kappa shape index (κ1) is 32.2. The van der Waals surface area contributed by atoms with Crippen molar-refractivity contribution in [2.24, 2.45) is 0 Å². The highest BCUT2D eigenvalue weighted by molar-refractivity contribution is 7.92. The molecule has 1 saturated carbocycles. The molecule has 43 heavy (non-hydrogen) atoms. The van der Waals surface area contributed by atoms with Gasteiger partial charge in [-0.25, -0.2) is 12.8 Å². The second-order valence-corrected chi connectivity index (χ2v) is 13.4. The fourth-order valence-corrected chi connectivity index (χ4v) is 6.90. The summed E-state index contributed by atoms with van der Waals surface area (Å²) in [4.78, 5) is 29.4. The number of aryl methyl sites for hydroxylation is 3. The van der Waals surface area contributed by atoms with E-state index >= 15 is 0 Å². The molecule has 230 valence electrons. The van der Waals surface area contributed by atoms with Crippen molar-refractivity contribution < 1.29 is 22.4 Å². The number of rotatable bonds is 11. The Morgan fingerprint density at radius 1 is 0.907 bits per heavy atom. The lowest BCUT2D eigenvalue weighted by molar-refractivity contribution is -0.140. The highest BCUT2D eigenvalue weighted by atomic mass is 32.2. The summed E-state index contributed by atoms with van der Waals surface area (Å²) in [7, 11) is -4.15. The van der Waals surface area contributed by atoms with Crippen molar-refractivity contribution in [3.8, 4) is 0 Å². The Hall–Kier alpha value is -3.72. The van der Waals surface area contributed by atoms with Gasteiger partial charge >= 0.3 is 0 Å². The average molecular weight is 608 g/mol. The van der Waals surface area contributed by atoms with Crippen LogP contribution in [0.5, 0.6) is 0 Å². The largest absolute Gasteiger partial charge is 0.352 e. The number of amides is 2. The molecular weight excluding hydrogens is 565 g/mol. The van der Waals surface area contributed by atoms with Crippen LogP contribution in [-0.2, 0) is 26.2 Å². The van der Waals surface area contributed by atoms with Gasteiger partial charge in [0.15, 0.2) is 0 Å². The van der Waals surface area contributed by atoms with E-state index in [2.05, 4.69) is 5.32 Å².